The molecule has 2 fully saturated rings. The molecule has 2 heterocycles. The standard InChI is InChI=1S/C15H19FN2O4S/c16-12-4-1-3-11(7-12)14-8-13(19)9-18(14)15(20)10-17-5-2-6-23(17,21)22/h1,3-4,7,13-14,19H,2,5-6,8-10H2/t13-,14-/m1/s1. The highest BCUT2D eigenvalue weighted by molar-refractivity contribution is 7.89. The van der Waals surface area contributed by atoms with E-state index in [1.54, 1.807) is 12.1 Å². The number of likely N-dealkylation sites (tertiary alicyclic amines) is 1. The number of nitrogens with zero attached hydrogens (tertiary/aromatic N) is 2. The summed E-state index contributed by atoms with van der Waals surface area (Å²) in [6.07, 6.45) is 0.149. The van der Waals surface area contributed by atoms with Crippen molar-refractivity contribution < 1.29 is 22.7 Å². The van der Waals surface area contributed by atoms with Crippen molar-refractivity contribution in [3.05, 3.63) is 35.6 Å². The molecule has 6 nitrogen and oxygen atoms in total. The number of hydrogen-bond donors (Lipinski definition) is 1. The van der Waals surface area contributed by atoms with Gasteiger partial charge in [-0.05, 0) is 30.5 Å². The number of aliphatic hydroxyl groups is 1. The summed E-state index contributed by atoms with van der Waals surface area (Å²) in [7, 11) is -3.35. The van der Waals surface area contributed by atoms with Crippen LogP contribution in [-0.2, 0) is 14.8 Å². The summed E-state index contributed by atoms with van der Waals surface area (Å²) in [5.41, 5.74) is 0.610. The third kappa shape index (κ3) is 3.39. The van der Waals surface area contributed by atoms with Crippen LogP contribution in [0.2, 0.25) is 0 Å². The summed E-state index contributed by atoms with van der Waals surface area (Å²) in [6.45, 7) is 0.254. The maximum Gasteiger partial charge on any atom is 0.238 e. The molecule has 0 spiro atoms. The Bertz CT molecular complexity index is 709. The van der Waals surface area contributed by atoms with Gasteiger partial charge in [-0.2, -0.15) is 4.31 Å². The molecule has 1 N–H and O–H groups in total. The number of sulfonamides is 1. The summed E-state index contributed by atoms with van der Waals surface area (Å²) in [5, 5.41) is 9.89. The van der Waals surface area contributed by atoms with Crippen LogP contribution >= 0.6 is 0 Å². The van der Waals surface area contributed by atoms with E-state index in [2.05, 4.69) is 0 Å². The summed E-state index contributed by atoms with van der Waals surface area (Å²) >= 11 is 0. The van der Waals surface area contributed by atoms with Crippen molar-refractivity contribution in [3.63, 3.8) is 0 Å². The summed E-state index contributed by atoms with van der Waals surface area (Å²) in [6, 6.07) is 5.49. The second-order valence-corrected chi connectivity index (χ2v) is 8.10. The summed E-state index contributed by atoms with van der Waals surface area (Å²) in [5.74, 6) is -0.698. The molecule has 2 aliphatic rings. The third-order valence-corrected chi connectivity index (χ3v) is 6.25. The number of rotatable bonds is 3. The Hall–Kier alpha value is -1.51. The molecule has 2 aliphatic heterocycles. The van der Waals surface area contributed by atoms with Gasteiger partial charge in [-0.3, -0.25) is 4.79 Å². The van der Waals surface area contributed by atoms with E-state index in [1.165, 1.54) is 21.3 Å². The Morgan fingerprint density at radius 2 is 2.17 bits per heavy atom. The molecule has 0 aliphatic carbocycles. The van der Waals surface area contributed by atoms with Gasteiger partial charge in [-0.15, -0.1) is 0 Å². The molecule has 126 valence electrons. The number of β-amino-alcohol motifs (C(OH)–C–C–N with tert-alkyl or cyclic N) is 1. The van der Waals surface area contributed by atoms with Gasteiger partial charge in [0.2, 0.25) is 15.9 Å². The Kier molecular flexibility index (Phi) is 4.39. The lowest BCUT2D eigenvalue weighted by molar-refractivity contribution is -0.132. The fraction of sp³-hybridized carbons (Fsp3) is 0.533. The third-order valence-electron chi connectivity index (χ3n) is 4.35. The quantitative estimate of drug-likeness (QED) is 0.867. The zero-order chi connectivity index (χ0) is 16.6. The number of halogens is 1. The van der Waals surface area contributed by atoms with E-state index in [1.807, 2.05) is 0 Å². The largest absolute Gasteiger partial charge is 0.391 e. The van der Waals surface area contributed by atoms with Gasteiger partial charge < -0.3 is 10.0 Å². The van der Waals surface area contributed by atoms with Crippen molar-refractivity contribution in [3.8, 4) is 0 Å². The average Bonchev–Trinajstić information content (AvgIpc) is 3.02. The molecule has 0 aromatic heterocycles. The second-order valence-electron chi connectivity index (χ2n) is 6.01. The van der Waals surface area contributed by atoms with Crippen LogP contribution in [0, 0.1) is 5.82 Å². The SMILES string of the molecule is O=C(CN1CCCS1(=O)=O)N1C[C@H](O)C[C@@H]1c1cccc(F)c1. The normalized spacial score (nSPS) is 27.5. The lowest BCUT2D eigenvalue weighted by atomic mass is 10.0. The molecule has 2 saturated heterocycles. The molecule has 0 radical (unpaired) electrons. The Morgan fingerprint density at radius 3 is 2.83 bits per heavy atom. The molecule has 0 unspecified atom stereocenters. The summed E-state index contributed by atoms with van der Waals surface area (Å²) < 4.78 is 38.3. The van der Waals surface area contributed by atoms with Crippen molar-refractivity contribution in [1.82, 2.24) is 9.21 Å². The molecular weight excluding hydrogens is 323 g/mol. The van der Waals surface area contributed by atoms with E-state index in [0.29, 0.717) is 24.9 Å². The maximum absolute atomic E-state index is 13.4. The molecule has 0 saturated carbocycles. The van der Waals surface area contributed by atoms with Crippen molar-refractivity contribution in [2.45, 2.75) is 25.0 Å². The van der Waals surface area contributed by atoms with Gasteiger partial charge >= 0.3 is 0 Å². The van der Waals surface area contributed by atoms with Crippen LogP contribution in [0.25, 0.3) is 0 Å². The predicted octanol–water partition coefficient (Wildman–Crippen LogP) is 0.496. The van der Waals surface area contributed by atoms with Crippen molar-refractivity contribution in [2.75, 3.05) is 25.4 Å². The first-order valence-electron chi connectivity index (χ1n) is 7.57. The molecule has 2 atom stereocenters. The molecule has 0 bridgehead atoms. The van der Waals surface area contributed by atoms with Gasteiger partial charge in [0, 0.05) is 13.1 Å². The van der Waals surface area contributed by atoms with Crippen LogP contribution in [0.3, 0.4) is 0 Å². The second kappa shape index (κ2) is 6.18. The van der Waals surface area contributed by atoms with Crippen LogP contribution in [0.1, 0.15) is 24.4 Å². The molecule has 1 aromatic rings. The van der Waals surface area contributed by atoms with Crippen molar-refractivity contribution in [1.29, 1.82) is 0 Å². The minimum absolute atomic E-state index is 0.0657. The number of benzene rings is 1. The van der Waals surface area contributed by atoms with Gasteiger partial charge in [-0.1, -0.05) is 12.1 Å². The minimum Gasteiger partial charge on any atom is -0.391 e. The van der Waals surface area contributed by atoms with E-state index in [-0.39, 0.29) is 24.7 Å². The van der Waals surface area contributed by atoms with Crippen molar-refractivity contribution >= 4 is 15.9 Å². The highest BCUT2D eigenvalue weighted by atomic mass is 32.2. The van der Waals surface area contributed by atoms with Gasteiger partial charge in [0.25, 0.3) is 0 Å². The highest BCUT2D eigenvalue weighted by Crippen LogP contribution is 2.32. The van der Waals surface area contributed by atoms with Crippen LogP contribution in [-0.4, -0.2) is 60.1 Å². The molecule has 1 aromatic carbocycles. The van der Waals surface area contributed by atoms with Gasteiger partial charge in [-0.25, -0.2) is 12.8 Å². The molecule has 8 heteroatoms. The first-order valence-corrected chi connectivity index (χ1v) is 9.18. The van der Waals surface area contributed by atoms with E-state index in [0.717, 1.165) is 0 Å². The zero-order valence-electron chi connectivity index (χ0n) is 12.6. The lowest BCUT2D eigenvalue weighted by Gasteiger charge is -2.26. The minimum atomic E-state index is -3.35. The average molecular weight is 342 g/mol. The maximum atomic E-state index is 13.4. The van der Waals surface area contributed by atoms with E-state index in [9.17, 15) is 22.7 Å². The van der Waals surface area contributed by atoms with E-state index >= 15 is 0 Å². The first kappa shape index (κ1) is 16.4. The molecule has 3 rings (SSSR count). The Morgan fingerprint density at radius 1 is 1.39 bits per heavy atom. The molecule has 1 amide bonds. The van der Waals surface area contributed by atoms with Crippen LogP contribution in [0.4, 0.5) is 4.39 Å². The lowest BCUT2D eigenvalue weighted by Crippen LogP contribution is -2.41. The fourth-order valence-corrected chi connectivity index (χ4v) is 4.70. The van der Waals surface area contributed by atoms with Crippen LogP contribution < -0.4 is 0 Å². The topological polar surface area (TPSA) is 77.9 Å². The Labute approximate surface area is 134 Å². The van der Waals surface area contributed by atoms with Crippen molar-refractivity contribution in [2.24, 2.45) is 0 Å². The number of carbonyl (C=O) groups is 1. The molecule has 23 heavy (non-hydrogen) atoms. The van der Waals surface area contributed by atoms with Gasteiger partial charge in [0.05, 0.1) is 24.4 Å². The summed E-state index contributed by atoms with van der Waals surface area (Å²) in [4.78, 5) is 14.0. The smallest absolute Gasteiger partial charge is 0.238 e. The number of amides is 1. The number of carbonyl (C=O) groups excluding carboxylic acids is 1. The zero-order valence-corrected chi connectivity index (χ0v) is 13.4. The fourth-order valence-electron chi connectivity index (χ4n) is 3.23. The van der Waals surface area contributed by atoms with Crippen LogP contribution in [0.5, 0.6) is 0 Å². The van der Waals surface area contributed by atoms with E-state index in [4.69, 9.17) is 0 Å². The Balaban J connectivity index is 1.78. The number of hydrogen-bond acceptors (Lipinski definition) is 4. The van der Waals surface area contributed by atoms with Gasteiger partial charge in [0.1, 0.15) is 5.82 Å². The van der Waals surface area contributed by atoms with Crippen LogP contribution in [0.15, 0.2) is 24.3 Å². The van der Waals surface area contributed by atoms with Gasteiger partial charge in [0.15, 0.2) is 0 Å². The monoisotopic (exact) mass is 342 g/mol. The van der Waals surface area contributed by atoms with E-state index < -0.39 is 28.0 Å². The number of aliphatic hydroxyl groups excluding tert-OH is 1. The highest BCUT2D eigenvalue weighted by Gasteiger charge is 2.38. The first-order chi connectivity index (χ1) is 10.9. The predicted molar refractivity (Wildman–Crippen MR) is 81.5 cm³/mol. The molecular formula is C15H19FN2O4S.